The van der Waals surface area contributed by atoms with Crippen molar-refractivity contribution in [2.45, 2.75) is 44.3 Å². The van der Waals surface area contributed by atoms with E-state index < -0.39 is 0 Å². The third kappa shape index (κ3) is 3.41. The molecule has 0 aromatic rings. The molecule has 0 aromatic carbocycles. The monoisotopic (exact) mass is 236 g/mol. The minimum atomic E-state index is -0.378. The van der Waals surface area contributed by atoms with Crippen molar-refractivity contribution in [1.29, 1.82) is 5.26 Å². The topological polar surface area (TPSA) is 42.3 Å². The second-order valence-electron chi connectivity index (χ2n) is 5.93. The number of nitriles is 1. The molecule has 2 atom stereocenters. The van der Waals surface area contributed by atoms with Gasteiger partial charge in [-0.15, -0.1) is 0 Å². The van der Waals surface area contributed by atoms with Gasteiger partial charge in [-0.3, -0.25) is 10.2 Å². The van der Waals surface area contributed by atoms with Crippen molar-refractivity contribution in [3.8, 4) is 6.07 Å². The quantitative estimate of drug-likeness (QED) is 0.778. The van der Waals surface area contributed by atoms with E-state index in [4.69, 9.17) is 0 Å². The summed E-state index contributed by atoms with van der Waals surface area (Å²) in [5, 5.41) is 12.8. The Morgan fingerprint density at radius 1 is 1.41 bits per heavy atom. The molecule has 2 rings (SSSR count). The van der Waals surface area contributed by atoms with Crippen LogP contribution >= 0.6 is 0 Å². The maximum atomic E-state index is 9.36. The Bertz CT molecular complexity index is 307. The lowest BCUT2D eigenvalue weighted by Crippen LogP contribution is -2.57. The molecular formula is C13H24N4. The molecule has 0 amide bonds. The third-order valence-electron chi connectivity index (χ3n) is 3.93. The number of rotatable bonds is 4. The van der Waals surface area contributed by atoms with Crippen LogP contribution in [0.25, 0.3) is 0 Å². The van der Waals surface area contributed by atoms with Crippen LogP contribution in [0.3, 0.4) is 0 Å². The molecule has 0 aromatic heterocycles. The summed E-state index contributed by atoms with van der Waals surface area (Å²) in [6.45, 7) is 8.38. The molecule has 17 heavy (non-hydrogen) atoms. The number of hydrogen-bond donors (Lipinski definition) is 1. The van der Waals surface area contributed by atoms with Gasteiger partial charge in [-0.1, -0.05) is 0 Å². The maximum Gasteiger partial charge on any atom is 0.116 e. The van der Waals surface area contributed by atoms with Crippen LogP contribution in [0.15, 0.2) is 0 Å². The summed E-state index contributed by atoms with van der Waals surface area (Å²) in [5.41, 5.74) is -0.378. The maximum absolute atomic E-state index is 9.36. The van der Waals surface area contributed by atoms with Crippen LogP contribution in [0.1, 0.15) is 26.7 Å². The van der Waals surface area contributed by atoms with Gasteiger partial charge in [0.1, 0.15) is 5.54 Å². The van der Waals surface area contributed by atoms with Crippen LogP contribution in [-0.4, -0.2) is 60.6 Å². The van der Waals surface area contributed by atoms with Gasteiger partial charge in [0.15, 0.2) is 0 Å². The molecule has 1 aliphatic heterocycles. The van der Waals surface area contributed by atoms with Gasteiger partial charge in [0.2, 0.25) is 0 Å². The van der Waals surface area contributed by atoms with E-state index >= 15 is 0 Å². The number of piperazine rings is 1. The van der Waals surface area contributed by atoms with Crippen molar-refractivity contribution in [2.24, 2.45) is 0 Å². The fraction of sp³-hybridized carbons (Fsp3) is 0.923. The first-order chi connectivity index (χ1) is 8.02. The molecule has 1 saturated carbocycles. The summed E-state index contributed by atoms with van der Waals surface area (Å²) in [7, 11) is 2.17. The van der Waals surface area contributed by atoms with Gasteiger partial charge in [-0.25, -0.2) is 0 Å². The number of nitrogens with one attached hydrogen (secondary N) is 1. The molecule has 2 aliphatic rings. The summed E-state index contributed by atoms with van der Waals surface area (Å²) in [6.07, 6.45) is 2.47. The predicted molar refractivity (Wildman–Crippen MR) is 68.7 cm³/mol. The first-order valence-electron chi connectivity index (χ1n) is 6.64. The smallest absolute Gasteiger partial charge is 0.116 e. The second kappa shape index (κ2) is 4.93. The molecule has 0 bridgehead atoms. The zero-order valence-corrected chi connectivity index (χ0v) is 11.2. The summed E-state index contributed by atoms with van der Waals surface area (Å²) >= 11 is 0. The Hall–Kier alpha value is -0.630. The van der Waals surface area contributed by atoms with Gasteiger partial charge in [-0.05, 0) is 33.7 Å². The van der Waals surface area contributed by atoms with E-state index in [2.05, 4.69) is 35.2 Å². The average molecular weight is 236 g/mol. The molecule has 4 nitrogen and oxygen atoms in total. The molecule has 96 valence electrons. The van der Waals surface area contributed by atoms with Gasteiger partial charge in [0.05, 0.1) is 6.07 Å². The summed E-state index contributed by atoms with van der Waals surface area (Å²) < 4.78 is 0. The Morgan fingerprint density at radius 3 is 2.65 bits per heavy atom. The Morgan fingerprint density at radius 2 is 2.12 bits per heavy atom. The average Bonchev–Trinajstić information content (AvgIpc) is 3.07. The molecule has 1 aliphatic carbocycles. The Labute approximate surface area is 105 Å². The molecule has 1 N–H and O–H groups in total. The molecule has 2 fully saturated rings. The van der Waals surface area contributed by atoms with Gasteiger partial charge in [-0.2, -0.15) is 5.26 Å². The minimum absolute atomic E-state index is 0.378. The largest absolute Gasteiger partial charge is 0.301 e. The summed E-state index contributed by atoms with van der Waals surface area (Å²) in [6, 6.07) is 3.63. The molecule has 1 heterocycles. The zero-order chi connectivity index (χ0) is 12.5. The van der Waals surface area contributed by atoms with E-state index in [-0.39, 0.29) is 5.54 Å². The fourth-order valence-electron chi connectivity index (χ4n) is 2.51. The van der Waals surface area contributed by atoms with Crippen molar-refractivity contribution in [3.63, 3.8) is 0 Å². The fourth-order valence-corrected chi connectivity index (χ4v) is 2.51. The first kappa shape index (κ1) is 12.8. The highest BCUT2D eigenvalue weighted by Gasteiger charge is 2.35. The van der Waals surface area contributed by atoms with Crippen LogP contribution in [0.2, 0.25) is 0 Å². The number of hydrogen-bond acceptors (Lipinski definition) is 4. The van der Waals surface area contributed by atoms with E-state index in [0.29, 0.717) is 12.1 Å². The van der Waals surface area contributed by atoms with Crippen LogP contribution in [0, 0.1) is 11.3 Å². The highest BCUT2D eigenvalue weighted by atomic mass is 15.3. The summed E-state index contributed by atoms with van der Waals surface area (Å²) in [4.78, 5) is 4.80. The first-order valence-corrected chi connectivity index (χ1v) is 6.64. The Kier molecular flexibility index (Phi) is 3.72. The predicted octanol–water partition coefficient (Wildman–Crippen LogP) is 0.657. The minimum Gasteiger partial charge on any atom is -0.301 e. The lowest BCUT2D eigenvalue weighted by Gasteiger charge is -2.40. The summed E-state index contributed by atoms with van der Waals surface area (Å²) in [5.74, 6) is 0. The van der Waals surface area contributed by atoms with Crippen molar-refractivity contribution in [2.75, 3.05) is 33.2 Å². The molecule has 0 spiro atoms. The third-order valence-corrected chi connectivity index (χ3v) is 3.93. The van der Waals surface area contributed by atoms with Crippen molar-refractivity contribution in [1.82, 2.24) is 15.1 Å². The number of nitrogens with zero attached hydrogens (tertiary/aromatic N) is 3. The van der Waals surface area contributed by atoms with Crippen LogP contribution < -0.4 is 5.32 Å². The van der Waals surface area contributed by atoms with Gasteiger partial charge in [0.25, 0.3) is 0 Å². The van der Waals surface area contributed by atoms with Crippen molar-refractivity contribution >= 4 is 0 Å². The van der Waals surface area contributed by atoms with Crippen LogP contribution in [0.5, 0.6) is 0 Å². The molecule has 2 unspecified atom stereocenters. The molecular weight excluding hydrogens is 212 g/mol. The van der Waals surface area contributed by atoms with Crippen molar-refractivity contribution in [3.05, 3.63) is 0 Å². The number of likely N-dealkylation sites (N-methyl/N-ethyl adjacent to an activating group) is 1. The van der Waals surface area contributed by atoms with E-state index in [1.807, 2.05) is 6.92 Å². The van der Waals surface area contributed by atoms with Gasteiger partial charge < -0.3 is 4.90 Å². The Balaban J connectivity index is 1.87. The van der Waals surface area contributed by atoms with Gasteiger partial charge in [0, 0.05) is 38.3 Å². The highest BCUT2D eigenvalue weighted by molar-refractivity contribution is 5.09. The van der Waals surface area contributed by atoms with E-state index in [1.165, 1.54) is 12.8 Å². The highest BCUT2D eigenvalue weighted by Crippen LogP contribution is 2.23. The molecule has 1 saturated heterocycles. The standard InChI is InChI=1S/C13H24N4/c1-11-8-17(7-6-16(11)3)10-13(2,9-14)15-12-4-5-12/h11-12,15H,4-8,10H2,1-3H3. The zero-order valence-electron chi connectivity index (χ0n) is 11.2. The van der Waals surface area contributed by atoms with E-state index in [9.17, 15) is 5.26 Å². The molecule has 4 heteroatoms. The van der Waals surface area contributed by atoms with E-state index in [1.54, 1.807) is 0 Å². The van der Waals surface area contributed by atoms with Gasteiger partial charge >= 0.3 is 0 Å². The lowest BCUT2D eigenvalue weighted by atomic mass is 10.0. The van der Waals surface area contributed by atoms with Crippen LogP contribution in [0.4, 0.5) is 0 Å². The second-order valence-corrected chi connectivity index (χ2v) is 5.93. The molecule has 0 radical (unpaired) electrons. The lowest BCUT2D eigenvalue weighted by molar-refractivity contribution is 0.0902. The SMILES string of the molecule is CC1CN(CC(C)(C#N)NC2CC2)CCN1C. The van der Waals surface area contributed by atoms with E-state index in [0.717, 1.165) is 26.2 Å². The normalized spacial score (nSPS) is 30.8. The van der Waals surface area contributed by atoms with Crippen molar-refractivity contribution < 1.29 is 0 Å². The van der Waals surface area contributed by atoms with Crippen LogP contribution in [-0.2, 0) is 0 Å².